The molecule has 2 unspecified atom stereocenters. The molecule has 0 saturated carbocycles. The van der Waals surface area contributed by atoms with Crippen molar-refractivity contribution >= 4 is 18.3 Å². The Morgan fingerprint density at radius 1 is 1.35 bits per heavy atom. The van der Waals surface area contributed by atoms with E-state index < -0.39 is 0 Å². The summed E-state index contributed by atoms with van der Waals surface area (Å²) in [6, 6.07) is 7.95. The second kappa shape index (κ2) is 9.75. The third-order valence-electron chi connectivity index (χ3n) is 3.56. The van der Waals surface area contributed by atoms with Crippen molar-refractivity contribution < 1.29 is 14.3 Å². The highest BCUT2D eigenvalue weighted by molar-refractivity contribution is 5.85. The van der Waals surface area contributed by atoms with Crippen LogP contribution in [0, 0.1) is 0 Å². The second-order valence-electron chi connectivity index (χ2n) is 5.95. The number of halogens is 1. The molecule has 130 valence electrons. The van der Waals surface area contributed by atoms with Crippen LogP contribution in [0.1, 0.15) is 38.8 Å². The SMILES string of the molecule is CC(C)Oc1ccc(C(C)NC(=O)CC2COCCN2)cc1.Cl. The number of hydrogen-bond donors (Lipinski definition) is 2. The molecular weight excluding hydrogens is 316 g/mol. The monoisotopic (exact) mass is 342 g/mol. The fourth-order valence-corrected chi connectivity index (χ4v) is 2.47. The van der Waals surface area contributed by atoms with Gasteiger partial charge in [0, 0.05) is 19.0 Å². The largest absolute Gasteiger partial charge is 0.491 e. The minimum atomic E-state index is -0.0230. The zero-order valence-corrected chi connectivity index (χ0v) is 14.8. The van der Waals surface area contributed by atoms with Gasteiger partial charge >= 0.3 is 0 Å². The van der Waals surface area contributed by atoms with Crippen LogP contribution in [-0.2, 0) is 9.53 Å². The first-order chi connectivity index (χ1) is 10.5. The Labute approximate surface area is 144 Å². The normalized spacial score (nSPS) is 18.9. The van der Waals surface area contributed by atoms with Crippen LogP contribution in [0.5, 0.6) is 5.75 Å². The first kappa shape index (κ1) is 19.7. The van der Waals surface area contributed by atoms with Crippen LogP contribution in [0.25, 0.3) is 0 Å². The van der Waals surface area contributed by atoms with Gasteiger partial charge in [-0.25, -0.2) is 0 Å². The van der Waals surface area contributed by atoms with Crippen molar-refractivity contribution in [3.63, 3.8) is 0 Å². The zero-order chi connectivity index (χ0) is 15.9. The fraction of sp³-hybridized carbons (Fsp3) is 0.588. The van der Waals surface area contributed by atoms with Crippen molar-refractivity contribution in [2.24, 2.45) is 0 Å². The maximum Gasteiger partial charge on any atom is 0.222 e. The first-order valence-electron chi connectivity index (χ1n) is 7.91. The van der Waals surface area contributed by atoms with Crippen LogP contribution in [0.3, 0.4) is 0 Å². The minimum Gasteiger partial charge on any atom is -0.491 e. The Hall–Kier alpha value is -1.30. The van der Waals surface area contributed by atoms with E-state index in [9.17, 15) is 4.79 Å². The molecule has 2 rings (SSSR count). The van der Waals surface area contributed by atoms with E-state index in [2.05, 4.69) is 10.6 Å². The number of carbonyl (C=O) groups is 1. The number of morpholine rings is 1. The van der Waals surface area contributed by atoms with Gasteiger partial charge in [-0.2, -0.15) is 0 Å². The van der Waals surface area contributed by atoms with Crippen LogP contribution in [-0.4, -0.2) is 37.8 Å². The van der Waals surface area contributed by atoms with E-state index in [1.165, 1.54) is 0 Å². The lowest BCUT2D eigenvalue weighted by molar-refractivity contribution is -0.122. The molecule has 0 aliphatic carbocycles. The van der Waals surface area contributed by atoms with Crippen LogP contribution in [0.15, 0.2) is 24.3 Å². The van der Waals surface area contributed by atoms with E-state index >= 15 is 0 Å². The third kappa shape index (κ3) is 6.77. The van der Waals surface area contributed by atoms with Crippen LogP contribution >= 0.6 is 12.4 Å². The lowest BCUT2D eigenvalue weighted by atomic mass is 10.1. The van der Waals surface area contributed by atoms with E-state index in [-0.39, 0.29) is 36.5 Å². The van der Waals surface area contributed by atoms with E-state index in [0.717, 1.165) is 24.5 Å². The molecule has 1 amide bonds. The van der Waals surface area contributed by atoms with Crippen LogP contribution in [0.4, 0.5) is 0 Å². The summed E-state index contributed by atoms with van der Waals surface area (Å²) in [5.41, 5.74) is 1.07. The van der Waals surface area contributed by atoms with Gasteiger partial charge in [0.15, 0.2) is 0 Å². The number of amides is 1. The van der Waals surface area contributed by atoms with Gasteiger partial charge in [0.2, 0.25) is 5.91 Å². The van der Waals surface area contributed by atoms with Crippen molar-refractivity contribution in [3.05, 3.63) is 29.8 Å². The Morgan fingerprint density at radius 3 is 2.61 bits per heavy atom. The lowest BCUT2D eigenvalue weighted by Gasteiger charge is -2.24. The van der Waals surface area contributed by atoms with Crippen LogP contribution < -0.4 is 15.4 Å². The molecule has 23 heavy (non-hydrogen) atoms. The summed E-state index contributed by atoms with van der Waals surface area (Å²) >= 11 is 0. The Kier molecular flexibility index (Phi) is 8.37. The summed E-state index contributed by atoms with van der Waals surface area (Å²) in [5.74, 6) is 0.888. The Bertz CT molecular complexity index is 473. The topological polar surface area (TPSA) is 59.6 Å². The molecule has 1 heterocycles. The van der Waals surface area contributed by atoms with Gasteiger partial charge < -0.3 is 20.1 Å². The Balaban J connectivity index is 0.00000264. The standard InChI is InChI=1S/C17H26N2O3.ClH/c1-12(2)22-16-6-4-14(5-7-16)13(3)19-17(20)10-15-11-21-9-8-18-15;/h4-7,12-13,15,18H,8-11H2,1-3H3,(H,19,20);1H. The molecule has 6 heteroatoms. The maximum absolute atomic E-state index is 12.1. The molecular formula is C17H27ClN2O3. The number of hydrogen-bond acceptors (Lipinski definition) is 4. The first-order valence-corrected chi connectivity index (χ1v) is 7.91. The zero-order valence-electron chi connectivity index (χ0n) is 14.0. The van der Waals surface area contributed by atoms with Gasteiger partial charge in [-0.05, 0) is 38.5 Å². The van der Waals surface area contributed by atoms with Crippen molar-refractivity contribution in [2.45, 2.75) is 45.4 Å². The van der Waals surface area contributed by atoms with E-state index in [4.69, 9.17) is 9.47 Å². The van der Waals surface area contributed by atoms with E-state index in [1.807, 2.05) is 45.0 Å². The highest BCUT2D eigenvalue weighted by Gasteiger charge is 2.18. The molecule has 0 radical (unpaired) electrons. The van der Waals surface area contributed by atoms with Crippen LogP contribution in [0.2, 0.25) is 0 Å². The predicted molar refractivity (Wildman–Crippen MR) is 93.2 cm³/mol. The molecule has 1 aromatic rings. The summed E-state index contributed by atoms with van der Waals surface area (Å²) in [7, 11) is 0. The minimum absolute atomic E-state index is 0. The van der Waals surface area contributed by atoms with Gasteiger partial charge in [-0.1, -0.05) is 12.1 Å². The number of rotatable bonds is 6. The molecule has 2 atom stereocenters. The summed E-state index contributed by atoms with van der Waals surface area (Å²) < 4.78 is 11.0. The average molecular weight is 343 g/mol. The van der Waals surface area contributed by atoms with Crippen molar-refractivity contribution in [3.8, 4) is 5.75 Å². The van der Waals surface area contributed by atoms with Gasteiger partial charge in [-0.3, -0.25) is 4.79 Å². The lowest BCUT2D eigenvalue weighted by Crippen LogP contribution is -2.44. The van der Waals surface area contributed by atoms with Crippen molar-refractivity contribution in [1.82, 2.24) is 10.6 Å². The molecule has 5 nitrogen and oxygen atoms in total. The quantitative estimate of drug-likeness (QED) is 0.833. The molecule has 0 spiro atoms. The van der Waals surface area contributed by atoms with Gasteiger partial charge in [0.1, 0.15) is 5.75 Å². The van der Waals surface area contributed by atoms with Crippen molar-refractivity contribution in [1.29, 1.82) is 0 Å². The number of ether oxygens (including phenoxy) is 2. The summed E-state index contributed by atoms with van der Waals surface area (Å²) in [4.78, 5) is 12.1. The average Bonchev–Trinajstić information content (AvgIpc) is 2.48. The van der Waals surface area contributed by atoms with Gasteiger partial charge in [-0.15, -0.1) is 12.4 Å². The molecule has 0 bridgehead atoms. The molecule has 1 fully saturated rings. The molecule has 2 N–H and O–H groups in total. The molecule has 0 aromatic heterocycles. The van der Waals surface area contributed by atoms with Gasteiger partial charge in [0.25, 0.3) is 0 Å². The number of carbonyl (C=O) groups excluding carboxylic acids is 1. The van der Waals surface area contributed by atoms with Crippen molar-refractivity contribution in [2.75, 3.05) is 19.8 Å². The highest BCUT2D eigenvalue weighted by Crippen LogP contribution is 2.18. The predicted octanol–water partition coefficient (Wildman–Crippen LogP) is 2.45. The number of nitrogens with one attached hydrogen (secondary N) is 2. The van der Waals surface area contributed by atoms with E-state index in [1.54, 1.807) is 0 Å². The smallest absolute Gasteiger partial charge is 0.222 e. The molecule has 1 aliphatic rings. The number of benzene rings is 1. The van der Waals surface area contributed by atoms with Gasteiger partial charge in [0.05, 0.1) is 25.4 Å². The fourth-order valence-electron chi connectivity index (χ4n) is 2.47. The molecule has 1 aliphatic heterocycles. The molecule has 1 aromatic carbocycles. The summed E-state index contributed by atoms with van der Waals surface area (Å²) in [6.45, 7) is 8.12. The Morgan fingerprint density at radius 2 is 2.04 bits per heavy atom. The summed E-state index contributed by atoms with van der Waals surface area (Å²) in [6.07, 6.45) is 0.604. The maximum atomic E-state index is 12.1. The highest BCUT2D eigenvalue weighted by atomic mass is 35.5. The molecule has 1 saturated heterocycles. The third-order valence-corrected chi connectivity index (χ3v) is 3.56. The second-order valence-corrected chi connectivity index (χ2v) is 5.95. The van der Waals surface area contributed by atoms with E-state index in [0.29, 0.717) is 13.0 Å². The summed E-state index contributed by atoms with van der Waals surface area (Å²) in [5, 5.41) is 6.31.